The highest BCUT2D eigenvalue weighted by atomic mass is 19.1. The minimum Gasteiger partial charge on any atom is -0.334 e. The Balaban J connectivity index is 1.65. The molecule has 8 heteroatoms. The maximum atomic E-state index is 13.6. The van der Waals surface area contributed by atoms with Gasteiger partial charge in [0, 0.05) is 11.3 Å². The Bertz CT molecular complexity index is 1440. The average molecular weight is 472 g/mol. The zero-order chi connectivity index (χ0) is 24.7. The van der Waals surface area contributed by atoms with E-state index >= 15 is 0 Å². The number of amides is 2. The molecule has 0 saturated carbocycles. The summed E-state index contributed by atoms with van der Waals surface area (Å²) >= 11 is 0. The fourth-order valence-corrected chi connectivity index (χ4v) is 4.15. The Morgan fingerprint density at radius 3 is 2.20 bits per heavy atom. The highest BCUT2D eigenvalue weighted by Gasteiger charge is 2.36. The van der Waals surface area contributed by atoms with Crippen molar-refractivity contribution in [2.45, 2.75) is 26.8 Å². The fraction of sp³-hybridized carbons (Fsp3) is 0.148. The molecule has 0 bridgehead atoms. The van der Waals surface area contributed by atoms with Gasteiger partial charge in [0.1, 0.15) is 11.6 Å². The SMILES string of the molecule is CC1=C(c2nc(-c3ccc(F)cc3)no2)C(c2ccc(F)cc2)NC(=O)N1c1ccc(C)c(C)c1. The molecule has 0 saturated heterocycles. The number of allylic oxidation sites excluding steroid dienone is 1. The summed E-state index contributed by atoms with van der Waals surface area (Å²) in [5.74, 6) is -0.268. The van der Waals surface area contributed by atoms with E-state index < -0.39 is 6.04 Å². The summed E-state index contributed by atoms with van der Waals surface area (Å²) in [6, 6.07) is 16.4. The molecule has 0 spiro atoms. The molecule has 4 aromatic rings. The summed E-state index contributed by atoms with van der Waals surface area (Å²) in [5.41, 5.74) is 5.27. The third-order valence-corrected chi connectivity index (χ3v) is 6.20. The standard InChI is InChI=1S/C27H22F2N4O2/c1-15-4-13-22(14-16(15)2)33-17(3)23(24(30-27(33)34)18-5-9-20(28)10-6-18)26-31-25(32-35-26)19-7-11-21(29)12-8-19/h4-14,24H,1-3H3,(H,30,34). The van der Waals surface area contributed by atoms with E-state index in [2.05, 4.69) is 15.5 Å². The van der Waals surface area contributed by atoms with Crippen LogP contribution in [0.15, 0.2) is 77.0 Å². The number of nitrogens with zero attached hydrogens (tertiary/aromatic N) is 3. The van der Waals surface area contributed by atoms with E-state index in [0.29, 0.717) is 28.1 Å². The van der Waals surface area contributed by atoms with Crippen molar-refractivity contribution in [2.75, 3.05) is 4.90 Å². The Morgan fingerprint density at radius 1 is 0.886 bits per heavy atom. The summed E-state index contributed by atoms with van der Waals surface area (Å²) in [6.45, 7) is 5.79. The quantitative estimate of drug-likeness (QED) is 0.377. The molecule has 2 amide bonds. The van der Waals surface area contributed by atoms with E-state index in [1.807, 2.05) is 39.0 Å². The molecule has 1 aromatic heterocycles. The molecule has 0 radical (unpaired) electrons. The van der Waals surface area contributed by atoms with Crippen LogP contribution in [0.3, 0.4) is 0 Å². The van der Waals surface area contributed by atoms with Gasteiger partial charge in [0.2, 0.25) is 5.82 Å². The van der Waals surface area contributed by atoms with Crippen LogP contribution < -0.4 is 10.2 Å². The van der Waals surface area contributed by atoms with Crippen molar-refractivity contribution in [2.24, 2.45) is 0 Å². The third-order valence-electron chi connectivity index (χ3n) is 6.20. The Morgan fingerprint density at radius 2 is 1.54 bits per heavy atom. The van der Waals surface area contributed by atoms with Gasteiger partial charge in [-0.3, -0.25) is 4.90 Å². The number of hydrogen-bond acceptors (Lipinski definition) is 4. The van der Waals surface area contributed by atoms with Crippen LogP contribution in [0.1, 0.15) is 35.5 Å². The highest BCUT2D eigenvalue weighted by molar-refractivity contribution is 6.01. The molecule has 5 rings (SSSR count). The van der Waals surface area contributed by atoms with Crippen LogP contribution in [-0.4, -0.2) is 16.2 Å². The summed E-state index contributed by atoms with van der Waals surface area (Å²) in [6.07, 6.45) is 0. The van der Waals surface area contributed by atoms with Crippen molar-refractivity contribution in [3.05, 3.63) is 107 Å². The van der Waals surface area contributed by atoms with Gasteiger partial charge in [-0.2, -0.15) is 4.98 Å². The molecule has 1 atom stereocenters. The van der Waals surface area contributed by atoms with Gasteiger partial charge in [0.25, 0.3) is 5.89 Å². The van der Waals surface area contributed by atoms with Crippen molar-refractivity contribution in [1.29, 1.82) is 0 Å². The normalized spacial score (nSPS) is 16.0. The lowest BCUT2D eigenvalue weighted by Gasteiger charge is -2.35. The number of halogens is 2. The van der Waals surface area contributed by atoms with Crippen LogP contribution in [-0.2, 0) is 0 Å². The number of carbonyl (C=O) groups excluding carboxylic acids is 1. The number of hydrogen-bond donors (Lipinski definition) is 1. The number of anilines is 1. The Kier molecular flexibility index (Phi) is 5.64. The van der Waals surface area contributed by atoms with E-state index in [1.165, 1.54) is 24.3 Å². The van der Waals surface area contributed by atoms with Crippen LogP contribution in [0.4, 0.5) is 19.3 Å². The van der Waals surface area contributed by atoms with Gasteiger partial charge in [-0.15, -0.1) is 0 Å². The molecule has 2 heterocycles. The number of carbonyl (C=O) groups is 1. The molecular formula is C27H22F2N4O2. The lowest BCUT2D eigenvalue weighted by Crippen LogP contribution is -2.46. The fourth-order valence-electron chi connectivity index (χ4n) is 4.15. The molecule has 1 aliphatic heterocycles. The summed E-state index contributed by atoms with van der Waals surface area (Å²) in [5, 5.41) is 7.08. The van der Waals surface area contributed by atoms with Crippen LogP contribution in [0, 0.1) is 25.5 Å². The van der Waals surface area contributed by atoms with Gasteiger partial charge in [-0.25, -0.2) is 13.6 Å². The molecule has 35 heavy (non-hydrogen) atoms. The number of urea groups is 1. The average Bonchev–Trinajstić information content (AvgIpc) is 3.31. The summed E-state index contributed by atoms with van der Waals surface area (Å²) in [7, 11) is 0. The van der Waals surface area contributed by atoms with E-state index in [4.69, 9.17) is 4.52 Å². The summed E-state index contributed by atoms with van der Waals surface area (Å²) < 4.78 is 32.6. The van der Waals surface area contributed by atoms with Gasteiger partial charge in [-0.05, 0) is 86.0 Å². The molecule has 1 N–H and O–H groups in total. The monoisotopic (exact) mass is 472 g/mol. The van der Waals surface area contributed by atoms with Crippen LogP contribution in [0.25, 0.3) is 17.0 Å². The first-order valence-corrected chi connectivity index (χ1v) is 11.1. The predicted octanol–water partition coefficient (Wildman–Crippen LogP) is 6.33. The van der Waals surface area contributed by atoms with Crippen LogP contribution in [0.5, 0.6) is 0 Å². The molecule has 1 unspecified atom stereocenters. The minimum absolute atomic E-state index is 0.199. The number of aromatic nitrogens is 2. The van der Waals surface area contributed by atoms with Crippen molar-refractivity contribution >= 4 is 17.3 Å². The van der Waals surface area contributed by atoms with E-state index in [-0.39, 0.29) is 29.4 Å². The van der Waals surface area contributed by atoms with Crippen molar-refractivity contribution < 1.29 is 18.1 Å². The Hall–Kier alpha value is -4.33. The number of aryl methyl sites for hydroxylation is 2. The van der Waals surface area contributed by atoms with Gasteiger partial charge in [0.15, 0.2) is 0 Å². The minimum atomic E-state index is -0.646. The van der Waals surface area contributed by atoms with Crippen molar-refractivity contribution in [1.82, 2.24) is 15.5 Å². The Labute approximate surface area is 200 Å². The first-order valence-electron chi connectivity index (χ1n) is 11.1. The molecule has 3 aromatic carbocycles. The van der Waals surface area contributed by atoms with Crippen molar-refractivity contribution in [3.63, 3.8) is 0 Å². The molecule has 1 aliphatic rings. The maximum Gasteiger partial charge on any atom is 0.326 e. The van der Waals surface area contributed by atoms with Gasteiger partial charge in [-0.1, -0.05) is 23.4 Å². The van der Waals surface area contributed by atoms with Gasteiger partial charge < -0.3 is 9.84 Å². The number of nitrogens with one attached hydrogen (secondary N) is 1. The number of benzene rings is 3. The van der Waals surface area contributed by atoms with Gasteiger partial charge >= 0.3 is 6.03 Å². The molecular weight excluding hydrogens is 450 g/mol. The number of rotatable bonds is 4. The van der Waals surface area contributed by atoms with E-state index in [0.717, 1.165) is 11.1 Å². The van der Waals surface area contributed by atoms with E-state index in [1.54, 1.807) is 29.2 Å². The smallest absolute Gasteiger partial charge is 0.326 e. The molecule has 6 nitrogen and oxygen atoms in total. The largest absolute Gasteiger partial charge is 0.334 e. The van der Waals surface area contributed by atoms with E-state index in [9.17, 15) is 13.6 Å². The first-order chi connectivity index (χ1) is 16.8. The summed E-state index contributed by atoms with van der Waals surface area (Å²) in [4.78, 5) is 19.4. The second-order valence-corrected chi connectivity index (χ2v) is 8.47. The van der Waals surface area contributed by atoms with Gasteiger partial charge in [0.05, 0.1) is 17.3 Å². The second-order valence-electron chi connectivity index (χ2n) is 8.47. The molecule has 0 fully saturated rings. The molecule has 176 valence electrons. The second kappa shape index (κ2) is 8.79. The first kappa shape index (κ1) is 22.5. The highest BCUT2D eigenvalue weighted by Crippen LogP contribution is 2.39. The molecule has 0 aliphatic carbocycles. The zero-order valence-corrected chi connectivity index (χ0v) is 19.3. The topological polar surface area (TPSA) is 71.3 Å². The third kappa shape index (κ3) is 4.19. The zero-order valence-electron chi connectivity index (χ0n) is 19.3. The maximum absolute atomic E-state index is 13.6. The predicted molar refractivity (Wildman–Crippen MR) is 128 cm³/mol. The lowest BCUT2D eigenvalue weighted by molar-refractivity contribution is 0.244. The van der Waals surface area contributed by atoms with Crippen LogP contribution in [0.2, 0.25) is 0 Å². The lowest BCUT2D eigenvalue weighted by atomic mass is 9.94. The van der Waals surface area contributed by atoms with Crippen LogP contribution >= 0.6 is 0 Å². The van der Waals surface area contributed by atoms with Crippen molar-refractivity contribution in [3.8, 4) is 11.4 Å².